The number of hydrogen-bond donors (Lipinski definition) is 5. The molecular weight excluding hydrogens is 491 g/mol. The molecule has 3 aliphatic rings. The Hall–Kier alpha value is -1.49. The summed E-state index contributed by atoms with van der Waals surface area (Å²) in [5.41, 5.74) is 0. The van der Waals surface area contributed by atoms with Crippen molar-refractivity contribution >= 4 is 19.8 Å². The molecule has 0 spiro atoms. The summed E-state index contributed by atoms with van der Waals surface area (Å²) in [4.78, 5) is 19.4. The fourth-order valence-electron chi connectivity index (χ4n) is 4.34. The van der Waals surface area contributed by atoms with Gasteiger partial charge in [-0.15, -0.1) is 0 Å². The van der Waals surface area contributed by atoms with Gasteiger partial charge in [-0.1, -0.05) is 64.4 Å². The lowest BCUT2D eigenvalue weighted by atomic mass is 9.98. The van der Waals surface area contributed by atoms with Crippen LogP contribution in [0, 0.1) is 0 Å². The van der Waals surface area contributed by atoms with Gasteiger partial charge in [-0.3, -0.25) is 13.6 Å². The Morgan fingerprint density at radius 1 is 0.722 bits per heavy atom. The number of urea groups is 1. The van der Waals surface area contributed by atoms with Crippen molar-refractivity contribution in [1.82, 2.24) is 10.6 Å². The van der Waals surface area contributed by atoms with Gasteiger partial charge in [0.15, 0.2) is 0 Å². The maximum atomic E-state index is 13.4. The highest BCUT2D eigenvalue weighted by atomic mass is 31.2. The largest absolute Gasteiger partial charge is 0.478 e. The van der Waals surface area contributed by atoms with Crippen LogP contribution in [0.4, 0.5) is 4.79 Å². The SMILES string of the molecule is C=CC(=O)O.O=C(NCO)NCO.O=P(OC1CCCCC1)(OC1CCCCC1)OC1CCCCC1. The highest BCUT2D eigenvalue weighted by Gasteiger charge is 2.37. The zero-order valence-corrected chi connectivity index (χ0v) is 22.2. The second kappa shape index (κ2) is 19.6. The summed E-state index contributed by atoms with van der Waals surface area (Å²) in [6, 6.07) is -0.588. The molecule has 0 aromatic heterocycles. The predicted molar refractivity (Wildman–Crippen MR) is 135 cm³/mol. The van der Waals surface area contributed by atoms with E-state index in [9.17, 15) is 14.2 Å². The lowest BCUT2D eigenvalue weighted by molar-refractivity contribution is -0.131. The molecule has 0 aromatic carbocycles. The van der Waals surface area contributed by atoms with Crippen molar-refractivity contribution in [2.24, 2.45) is 0 Å². The van der Waals surface area contributed by atoms with Crippen LogP contribution in [0.15, 0.2) is 12.7 Å². The Bertz CT molecular complexity index is 597. The van der Waals surface area contributed by atoms with Crippen LogP contribution in [0.3, 0.4) is 0 Å². The van der Waals surface area contributed by atoms with E-state index in [1.165, 1.54) is 19.3 Å². The molecule has 2 amide bonds. The minimum absolute atomic E-state index is 0.0572. The Balaban J connectivity index is 0.000000414. The number of amides is 2. The number of carbonyl (C=O) groups is 2. The topological polar surface area (TPSA) is 164 Å². The van der Waals surface area contributed by atoms with Crippen LogP contribution in [-0.2, 0) is 22.9 Å². The van der Waals surface area contributed by atoms with Gasteiger partial charge < -0.3 is 26.0 Å². The van der Waals surface area contributed by atoms with E-state index in [1.54, 1.807) is 0 Å². The molecule has 3 fully saturated rings. The fraction of sp³-hybridized carbons (Fsp3) is 0.833. The van der Waals surface area contributed by atoms with Crippen LogP contribution in [0.5, 0.6) is 0 Å². The molecule has 36 heavy (non-hydrogen) atoms. The molecule has 0 saturated heterocycles. The van der Waals surface area contributed by atoms with E-state index in [0.717, 1.165) is 83.1 Å². The third kappa shape index (κ3) is 15.6. The van der Waals surface area contributed by atoms with Crippen LogP contribution in [-0.4, -0.2) is 59.1 Å². The molecule has 3 saturated carbocycles. The Labute approximate surface area is 214 Å². The van der Waals surface area contributed by atoms with E-state index in [4.69, 9.17) is 28.9 Å². The number of aliphatic carboxylic acids is 1. The fourth-order valence-corrected chi connectivity index (χ4v) is 6.22. The molecular formula is C24H45N2O9P. The van der Waals surface area contributed by atoms with Crippen LogP contribution in [0.25, 0.3) is 0 Å². The van der Waals surface area contributed by atoms with Crippen LogP contribution >= 0.6 is 7.82 Å². The third-order valence-electron chi connectivity index (χ3n) is 6.14. The van der Waals surface area contributed by atoms with Crippen molar-refractivity contribution in [3.8, 4) is 0 Å². The molecule has 5 N–H and O–H groups in total. The number of phosphoric ester groups is 1. The van der Waals surface area contributed by atoms with E-state index in [0.29, 0.717) is 0 Å². The number of carboxylic acids is 1. The summed E-state index contributed by atoms with van der Waals surface area (Å²) >= 11 is 0. The van der Waals surface area contributed by atoms with Gasteiger partial charge in [0.25, 0.3) is 0 Å². The molecule has 11 nitrogen and oxygen atoms in total. The van der Waals surface area contributed by atoms with Crippen molar-refractivity contribution in [3.63, 3.8) is 0 Å². The van der Waals surface area contributed by atoms with Gasteiger partial charge in [0, 0.05) is 6.08 Å². The summed E-state index contributed by atoms with van der Waals surface area (Å²) in [6.45, 7) is 2.11. The standard InChI is InChI=1S/C18H33O4P.C3H8N2O3.C3H4O2/c19-23(20-16-10-4-1-5-11-16,21-17-12-6-2-7-13-17)22-18-14-8-3-9-15-18;6-1-4-3(8)5-2-7;1-2-3(4)5/h16-18H,1-15H2;6-7H,1-2H2,(H2,4,5,8);2H,1H2,(H,4,5). The number of aliphatic hydroxyl groups is 2. The smallest absolute Gasteiger partial charge is 0.475 e. The Morgan fingerprint density at radius 3 is 1.22 bits per heavy atom. The number of aliphatic hydroxyl groups excluding tert-OH is 2. The lowest BCUT2D eigenvalue weighted by Gasteiger charge is -2.33. The van der Waals surface area contributed by atoms with Crippen molar-refractivity contribution < 1.29 is 43.0 Å². The van der Waals surface area contributed by atoms with E-state index >= 15 is 0 Å². The number of phosphoric acid groups is 1. The number of carbonyl (C=O) groups excluding carboxylic acids is 1. The van der Waals surface area contributed by atoms with Gasteiger partial charge in [-0.05, 0) is 38.5 Å². The van der Waals surface area contributed by atoms with Crippen molar-refractivity contribution in [2.45, 2.75) is 115 Å². The molecule has 3 aliphatic carbocycles. The van der Waals surface area contributed by atoms with Gasteiger partial charge >= 0.3 is 19.8 Å². The van der Waals surface area contributed by atoms with Crippen molar-refractivity contribution in [2.75, 3.05) is 13.5 Å². The van der Waals surface area contributed by atoms with Gasteiger partial charge in [-0.2, -0.15) is 0 Å². The maximum absolute atomic E-state index is 13.4. The van der Waals surface area contributed by atoms with Gasteiger partial charge in [0.05, 0.1) is 18.3 Å². The zero-order valence-electron chi connectivity index (χ0n) is 21.3. The van der Waals surface area contributed by atoms with Crippen LogP contribution in [0.2, 0.25) is 0 Å². The molecule has 12 heteroatoms. The van der Waals surface area contributed by atoms with Gasteiger partial charge in [-0.25, -0.2) is 14.2 Å². The monoisotopic (exact) mass is 536 g/mol. The highest BCUT2D eigenvalue weighted by molar-refractivity contribution is 7.48. The summed E-state index contributed by atoms with van der Waals surface area (Å²) in [5.74, 6) is -0.981. The van der Waals surface area contributed by atoms with Crippen molar-refractivity contribution in [1.29, 1.82) is 0 Å². The minimum atomic E-state index is -3.42. The second-order valence-electron chi connectivity index (χ2n) is 9.08. The van der Waals surface area contributed by atoms with E-state index in [-0.39, 0.29) is 18.3 Å². The quantitative estimate of drug-likeness (QED) is 0.161. The Morgan fingerprint density at radius 2 is 1.00 bits per heavy atom. The average Bonchev–Trinajstić information content (AvgIpc) is 2.87. The van der Waals surface area contributed by atoms with Crippen LogP contribution in [0.1, 0.15) is 96.3 Å². The third-order valence-corrected chi connectivity index (χ3v) is 7.81. The number of carboxylic acid groups (broad SMARTS) is 1. The molecule has 210 valence electrons. The first-order valence-electron chi connectivity index (χ1n) is 13.1. The average molecular weight is 537 g/mol. The molecule has 0 bridgehead atoms. The molecule has 0 atom stereocenters. The Kier molecular flexibility index (Phi) is 17.7. The van der Waals surface area contributed by atoms with E-state index in [1.807, 2.05) is 10.6 Å². The van der Waals surface area contributed by atoms with E-state index < -0.39 is 33.3 Å². The van der Waals surface area contributed by atoms with Gasteiger partial charge in [0.1, 0.15) is 13.5 Å². The molecule has 0 aromatic rings. The van der Waals surface area contributed by atoms with Gasteiger partial charge in [0.2, 0.25) is 0 Å². The van der Waals surface area contributed by atoms with E-state index in [2.05, 4.69) is 6.58 Å². The first-order valence-corrected chi connectivity index (χ1v) is 14.5. The number of rotatable bonds is 9. The predicted octanol–water partition coefficient (Wildman–Crippen LogP) is 4.58. The summed E-state index contributed by atoms with van der Waals surface area (Å²) in [6.07, 6.45) is 17.7. The number of hydrogen-bond acceptors (Lipinski definition) is 8. The summed E-state index contributed by atoms with van der Waals surface area (Å²) in [5, 5.41) is 27.6. The molecule has 0 heterocycles. The zero-order chi connectivity index (χ0) is 26.7. The molecule has 0 unspecified atom stereocenters. The minimum Gasteiger partial charge on any atom is -0.478 e. The molecule has 0 aliphatic heterocycles. The lowest BCUT2D eigenvalue weighted by Crippen LogP contribution is -2.36. The highest BCUT2D eigenvalue weighted by Crippen LogP contribution is 2.56. The summed E-state index contributed by atoms with van der Waals surface area (Å²) in [7, 11) is -3.42. The van der Waals surface area contributed by atoms with Crippen LogP contribution < -0.4 is 10.6 Å². The first kappa shape index (κ1) is 32.5. The molecule has 3 rings (SSSR count). The second-order valence-corrected chi connectivity index (χ2v) is 10.6. The first-order chi connectivity index (χ1) is 17.3. The summed E-state index contributed by atoms with van der Waals surface area (Å²) < 4.78 is 31.3. The molecule has 0 radical (unpaired) electrons. The van der Waals surface area contributed by atoms with Crippen molar-refractivity contribution in [3.05, 3.63) is 12.7 Å². The normalized spacial score (nSPS) is 19.6. The number of nitrogens with one attached hydrogen (secondary N) is 2. The maximum Gasteiger partial charge on any atom is 0.475 e.